The number of halogens is 1. The first-order valence-electron chi connectivity index (χ1n) is 8.13. The Morgan fingerprint density at radius 3 is 1.96 bits per heavy atom. The average Bonchev–Trinajstić information content (AvgIpc) is 3.09. The molecule has 1 aliphatic rings. The lowest BCUT2D eigenvalue weighted by molar-refractivity contribution is 0.0836. The van der Waals surface area contributed by atoms with Crippen molar-refractivity contribution in [2.45, 2.75) is 18.6 Å². The minimum Gasteiger partial charge on any atom is -0.265 e. The zero-order valence-electron chi connectivity index (χ0n) is 13.2. The first-order valence-corrected chi connectivity index (χ1v) is 8.92. The zero-order valence-corrected chi connectivity index (χ0v) is 14.8. The molecule has 4 rings (SSSR count). The zero-order chi connectivity index (χ0) is 16.4. The van der Waals surface area contributed by atoms with Crippen molar-refractivity contribution in [1.82, 2.24) is 0 Å². The van der Waals surface area contributed by atoms with E-state index in [1.54, 1.807) is 0 Å². The second kappa shape index (κ2) is 6.80. The summed E-state index contributed by atoms with van der Waals surface area (Å²) in [4.78, 5) is 6.36. The van der Waals surface area contributed by atoms with Crippen LogP contribution in [0.15, 0.2) is 89.4 Å². The number of hydrogen-bond donors (Lipinski definition) is 0. The van der Waals surface area contributed by atoms with Gasteiger partial charge >= 0.3 is 0 Å². The van der Waals surface area contributed by atoms with Gasteiger partial charge in [0.05, 0.1) is 11.7 Å². The van der Waals surface area contributed by atoms with Crippen LogP contribution in [0.25, 0.3) is 0 Å². The van der Waals surface area contributed by atoms with Gasteiger partial charge in [-0.05, 0) is 35.4 Å². The first kappa shape index (κ1) is 15.4. The minimum absolute atomic E-state index is 0.0695. The van der Waals surface area contributed by atoms with Crippen molar-refractivity contribution in [3.05, 3.63) is 101 Å². The number of rotatable bonds is 3. The Morgan fingerprint density at radius 2 is 1.33 bits per heavy atom. The molecule has 3 aromatic carbocycles. The van der Waals surface area contributed by atoms with Crippen LogP contribution in [0, 0.1) is 0 Å². The highest BCUT2D eigenvalue weighted by molar-refractivity contribution is 9.10. The lowest BCUT2D eigenvalue weighted by Gasteiger charge is -2.25. The van der Waals surface area contributed by atoms with Crippen molar-refractivity contribution in [2.75, 3.05) is 5.06 Å². The van der Waals surface area contributed by atoms with Crippen LogP contribution < -0.4 is 5.06 Å². The van der Waals surface area contributed by atoms with Gasteiger partial charge in [-0.15, -0.1) is 0 Å². The van der Waals surface area contributed by atoms with Gasteiger partial charge in [0.25, 0.3) is 0 Å². The molecule has 0 unspecified atom stereocenters. The van der Waals surface area contributed by atoms with E-state index in [9.17, 15) is 0 Å². The standard InChI is InChI=1S/C21H18BrNO/c22-18-11-13-19(14-12-18)23-20(16-7-3-1-4-8-16)15-21(24-23)17-9-5-2-6-10-17/h1-14,20-21H,15H2/t20-,21+/m0/s1. The van der Waals surface area contributed by atoms with Crippen LogP contribution in [0.1, 0.15) is 29.7 Å². The van der Waals surface area contributed by atoms with Crippen LogP contribution in [0.3, 0.4) is 0 Å². The lowest BCUT2D eigenvalue weighted by Crippen LogP contribution is -2.21. The quantitative estimate of drug-likeness (QED) is 0.547. The molecule has 0 bridgehead atoms. The SMILES string of the molecule is Brc1ccc(N2O[C@@H](c3ccccc3)C[C@H]2c2ccccc2)cc1. The Kier molecular flexibility index (Phi) is 4.37. The molecule has 3 aromatic rings. The topological polar surface area (TPSA) is 12.5 Å². The number of hydrogen-bond acceptors (Lipinski definition) is 2. The summed E-state index contributed by atoms with van der Waals surface area (Å²) >= 11 is 3.50. The summed E-state index contributed by atoms with van der Waals surface area (Å²) in [7, 11) is 0. The van der Waals surface area contributed by atoms with E-state index in [4.69, 9.17) is 4.84 Å². The Bertz CT molecular complexity index is 789. The number of hydroxylamine groups is 1. The Labute approximate surface area is 150 Å². The monoisotopic (exact) mass is 379 g/mol. The van der Waals surface area contributed by atoms with Crippen molar-refractivity contribution in [3.63, 3.8) is 0 Å². The molecule has 2 nitrogen and oxygen atoms in total. The van der Waals surface area contributed by atoms with E-state index in [2.05, 4.69) is 99.9 Å². The van der Waals surface area contributed by atoms with Crippen LogP contribution >= 0.6 is 15.9 Å². The van der Waals surface area contributed by atoms with Gasteiger partial charge in [-0.25, -0.2) is 5.06 Å². The van der Waals surface area contributed by atoms with Crippen molar-refractivity contribution < 1.29 is 4.84 Å². The average molecular weight is 380 g/mol. The molecular formula is C21H18BrNO. The molecule has 0 aromatic heterocycles. The maximum Gasteiger partial charge on any atom is 0.113 e. The number of nitrogens with zero attached hydrogens (tertiary/aromatic N) is 1. The summed E-state index contributed by atoms with van der Waals surface area (Å²) in [5.74, 6) is 0. The smallest absolute Gasteiger partial charge is 0.113 e. The van der Waals surface area contributed by atoms with Gasteiger partial charge in [0, 0.05) is 10.9 Å². The van der Waals surface area contributed by atoms with Gasteiger partial charge in [0.15, 0.2) is 0 Å². The fraction of sp³-hybridized carbons (Fsp3) is 0.143. The first-order chi connectivity index (χ1) is 11.8. The Hall–Kier alpha value is -2.10. The molecule has 120 valence electrons. The molecule has 1 saturated heterocycles. The van der Waals surface area contributed by atoms with Gasteiger partial charge in [-0.3, -0.25) is 4.84 Å². The third-order valence-electron chi connectivity index (χ3n) is 4.40. The summed E-state index contributed by atoms with van der Waals surface area (Å²) in [5, 5.41) is 2.06. The summed E-state index contributed by atoms with van der Waals surface area (Å²) < 4.78 is 1.07. The summed E-state index contributed by atoms with van der Waals surface area (Å²) in [5.41, 5.74) is 3.57. The van der Waals surface area contributed by atoms with E-state index < -0.39 is 0 Å². The Morgan fingerprint density at radius 1 is 0.750 bits per heavy atom. The van der Waals surface area contributed by atoms with Crippen LogP contribution in [0.5, 0.6) is 0 Å². The molecule has 1 heterocycles. The largest absolute Gasteiger partial charge is 0.265 e. The molecule has 2 atom stereocenters. The van der Waals surface area contributed by atoms with Crippen LogP contribution in [-0.2, 0) is 4.84 Å². The van der Waals surface area contributed by atoms with E-state index in [1.807, 2.05) is 6.07 Å². The highest BCUT2D eigenvalue weighted by Gasteiger charge is 2.35. The van der Waals surface area contributed by atoms with Crippen molar-refractivity contribution >= 4 is 21.6 Å². The van der Waals surface area contributed by atoms with E-state index in [0.717, 1.165) is 16.6 Å². The van der Waals surface area contributed by atoms with Crippen LogP contribution in [-0.4, -0.2) is 0 Å². The predicted octanol–water partition coefficient (Wildman–Crippen LogP) is 6.07. The minimum atomic E-state index is 0.0695. The molecule has 0 saturated carbocycles. The fourth-order valence-corrected chi connectivity index (χ4v) is 3.46. The predicted molar refractivity (Wildman–Crippen MR) is 101 cm³/mol. The van der Waals surface area contributed by atoms with Gasteiger partial charge < -0.3 is 0 Å². The van der Waals surface area contributed by atoms with Gasteiger partial charge in [0.1, 0.15) is 6.10 Å². The maximum absolute atomic E-state index is 6.36. The van der Waals surface area contributed by atoms with Crippen LogP contribution in [0.2, 0.25) is 0 Å². The molecule has 3 heteroatoms. The number of benzene rings is 3. The van der Waals surface area contributed by atoms with Gasteiger partial charge in [0.2, 0.25) is 0 Å². The highest BCUT2D eigenvalue weighted by atomic mass is 79.9. The summed E-state index contributed by atoms with van der Waals surface area (Å²) in [6.45, 7) is 0. The normalized spacial score (nSPS) is 20.3. The third kappa shape index (κ3) is 3.10. The second-order valence-corrected chi connectivity index (χ2v) is 6.88. The van der Waals surface area contributed by atoms with E-state index in [1.165, 1.54) is 11.1 Å². The third-order valence-corrected chi connectivity index (χ3v) is 4.93. The molecule has 0 amide bonds. The van der Waals surface area contributed by atoms with Crippen molar-refractivity contribution in [3.8, 4) is 0 Å². The van der Waals surface area contributed by atoms with Crippen LogP contribution in [0.4, 0.5) is 5.69 Å². The summed E-state index contributed by atoms with van der Waals surface area (Å²) in [6.07, 6.45) is 1.00. The molecule has 24 heavy (non-hydrogen) atoms. The van der Waals surface area contributed by atoms with E-state index >= 15 is 0 Å². The number of anilines is 1. The summed E-state index contributed by atoms with van der Waals surface area (Å²) in [6, 6.07) is 29.5. The van der Waals surface area contributed by atoms with Crippen molar-refractivity contribution in [2.24, 2.45) is 0 Å². The van der Waals surface area contributed by atoms with Gasteiger partial charge in [-0.2, -0.15) is 0 Å². The molecule has 0 N–H and O–H groups in total. The fourth-order valence-electron chi connectivity index (χ4n) is 3.19. The lowest BCUT2D eigenvalue weighted by atomic mass is 9.98. The Balaban J connectivity index is 1.69. The van der Waals surface area contributed by atoms with E-state index in [-0.39, 0.29) is 12.1 Å². The molecular weight excluding hydrogens is 362 g/mol. The van der Waals surface area contributed by atoms with E-state index in [0.29, 0.717) is 0 Å². The second-order valence-electron chi connectivity index (χ2n) is 5.97. The molecule has 0 radical (unpaired) electrons. The highest BCUT2D eigenvalue weighted by Crippen LogP contribution is 2.44. The van der Waals surface area contributed by atoms with Gasteiger partial charge in [-0.1, -0.05) is 76.6 Å². The molecule has 0 spiro atoms. The molecule has 1 aliphatic heterocycles. The molecule has 0 aliphatic carbocycles. The maximum atomic E-state index is 6.36. The van der Waals surface area contributed by atoms with Crippen molar-refractivity contribution in [1.29, 1.82) is 0 Å². The molecule has 1 fully saturated rings.